The molecule has 1 radical (unpaired) electrons. The highest BCUT2D eigenvalue weighted by molar-refractivity contribution is 5.77. The molecule has 3 aromatic rings. The molecule has 0 spiro atoms. The normalized spacial score (nSPS) is 10.1. The second kappa shape index (κ2) is 4.34. The second-order valence-corrected chi connectivity index (χ2v) is 3.80. The summed E-state index contributed by atoms with van der Waals surface area (Å²) >= 11 is 0. The van der Waals surface area contributed by atoms with Crippen molar-refractivity contribution in [1.82, 2.24) is 9.97 Å². The molecule has 0 aliphatic rings. The van der Waals surface area contributed by atoms with E-state index >= 15 is 0 Å². The molecule has 0 aliphatic heterocycles. The van der Waals surface area contributed by atoms with Gasteiger partial charge in [-0.05, 0) is 30.2 Å². The minimum absolute atomic E-state index is 0.350. The number of pyridine rings is 1. The fraction of sp³-hybridized carbons (Fsp3) is 0. The third-order valence-electron chi connectivity index (χ3n) is 2.48. The Hall–Kier alpha value is -2.60. The standard InChI is InChI=1S/C15H8FN2/c16-13-8-12-9-14(18-15(12)17-10-13)7-6-11-4-2-1-3-5-11/h1-4,8-10H,(H,17,18). The van der Waals surface area contributed by atoms with E-state index < -0.39 is 0 Å². The molecule has 2 heterocycles. The molecule has 3 rings (SSSR count). The first-order valence-corrected chi connectivity index (χ1v) is 5.44. The number of aromatic nitrogens is 2. The molecule has 3 heteroatoms. The van der Waals surface area contributed by atoms with Crippen LogP contribution in [0.3, 0.4) is 0 Å². The highest BCUT2D eigenvalue weighted by Crippen LogP contribution is 2.13. The molecule has 2 nitrogen and oxygen atoms in total. The van der Waals surface area contributed by atoms with Gasteiger partial charge in [0, 0.05) is 10.9 Å². The summed E-state index contributed by atoms with van der Waals surface area (Å²) < 4.78 is 13.0. The van der Waals surface area contributed by atoms with Crippen molar-refractivity contribution in [3.63, 3.8) is 0 Å². The van der Waals surface area contributed by atoms with Gasteiger partial charge in [-0.3, -0.25) is 0 Å². The van der Waals surface area contributed by atoms with Gasteiger partial charge in [0.05, 0.1) is 11.9 Å². The Morgan fingerprint density at radius 1 is 1.22 bits per heavy atom. The first kappa shape index (κ1) is 10.5. The van der Waals surface area contributed by atoms with Crippen LogP contribution in [-0.2, 0) is 0 Å². The zero-order chi connectivity index (χ0) is 12.4. The average Bonchev–Trinajstić information content (AvgIpc) is 2.79. The SMILES string of the molecule is Fc1cnc2[nH]c(C#Cc3[c]cccc3)cc2c1. The zero-order valence-electron chi connectivity index (χ0n) is 9.37. The Morgan fingerprint density at radius 2 is 2.17 bits per heavy atom. The number of halogens is 1. The molecular weight excluding hydrogens is 227 g/mol. The number of H-pyrrole nitrogens is 1. The van der Waals surface area contributed by atoms with E-state index in [1.54, 1.807) is 6.07 Å². The molecule has 0 fully saturated rings. The van der Waals surface area contributed by atoms with Crippen LogP contribution in [0.4, 0.5) is 4.39 Å². The van der Waals surface area contributed by atoms with Gasteiger partial charge in [0.1, 0.15) is 11.5 Å². The maximum atomic E-state index is 13.0. The quantitative estimate of drug-likeness (QED) is 0.596. The number of benzene rings is 1. The topological polar surface area (TPSA) is 28.7 Å². The van der Waals surface area contributed by atoms with E-state index in [0.29, 0.717) is 11.3 Å². The monoisotopic (exact) mass is 235 g/mol. The Kier molecular flexibility index (Phi) is 2.54. The lowest BCUT2D eigenvalue weighted by atomic mass is 10.2. The summed E-state index contributed by atoms with van der Waals surface area (Å²) in [4.78, 5) is 6.98. The highest BCUT2D eigenvalue weighted by atomic mass is 19.1. The first-order chi connectivity index (χ1) is 8.81. The summed E-state index contributed by atoms with van der Waals surface area (Å²) in [6.45, 7) is 0. The van der Waals surface area contributed by atoms with Crippen molar-refractivity contribution in [2.45, 2.75) is 0 Å². The van der Waals surface area contributed by atoms with Crippen molar-refractivity contribution in [3.8, 4) is 11.8 Å². The minimum Gasteiger partial charge on any atom is -0.333 e. The van der Waals surface area contributed by atoms with Crippen molar-refractivity contribution >= 4 is 11.0 Å². The summed E-state index contributed by atoms with van der Waals surface area (Å²) in [5.41, 5.74) is 2.16. The van der Waals surface area contributed by atoms with E-state index in [-0.39, 0.29) is 5.82 Å². The molecule has 2 aromatic heterocycles. The van der Waals surface area contributed by atoms with Gasteiger partial charge >= 0.3 is 0 Å². The fourth-order valence-corrected chi connectivity index (χ4v) is 1.66. The molecule has 0 unspecified atom stereocenters. The van der Waals surface area contributed by atoms with E-state index in [0.717, 1.165) is 10.9 Å². The number of nitrogens with one attached hydrogen (secondary N) is 1. The molecular formula is C15H8FN2. The molecule has 0 aliphatic carbocycles. The van der Waals surface area contributed by atoms with Gasteiger partial charge in [0.15, 0.2) is 0 Å². The largest absolute Gasteiger partial charge is 0.333 e. The summed E-state index contributed by atoms with van der Waals surface area (Å²) in [5, 5.41) is 0.719. The highest BCUT2D eigenvalue weighted by Gasteiger charge is 2.00. The van der Waals surface area contributed by atoms with Crippen LogP contribution in [-0.4, -0.2) is 9.97 Å². The molecule has 0 bridgehead atoms. The number of hydrogen-bond donors (Lipinski definition) is 1. The smallest absolute Gasteiger partial charge is 0.142 e. The predicted molar refractivity (Wildman–Crippen MR) is 67.3 cm³/mol. The van der Waals surface area contributed by atoms with Gasteiger partial charge in [-0.1, -0.05) is 24.1 Å². The maximum Gasteiger partial charge on any atom is 0.142 e. The Morgan fingerprint density at radius 3 is 3.00 bits per heavy atom. The van der Waals surface area contributed by atoms with Crippen molar-refractivity contribution in [1.29, 1.82) is 0 Å². The molecule has 1 aromatic carbocycles. The van der Waals surface area contributed by atoms with Gasteiger partial charge in [0.2, 0.25) is 0 Å². The molecule has 0 saturated carbocycles. The van der Waals surface area contributed by atoms with E-state index in [1.165, 1.54) is 12.3 Å². The van der Waals surface area contributed by atoms with Gasteiger partial charge < -0.3 is 4.98 Å². The molecule has 1 N–H and O–H groups in total. The maximum absolute atomic E-state index is 13.0. The van der Waals surface area contributed by atoms with E-state index in [2.05, 4.69) is 27.9 Å². The first-order valence-electron chi connectivity index (χ1n) is 5.44. The summed E-state index contributed by atoms with van der Waals surface area (Å²) in [5.74, 6) is 5.60. The summed E-state index contributed by atoms with van der Waals surface area (Å²) in [6.07, 6.45) is 1.18. The number of hydrogen-bond acceptors (Lipinski definition) is 1. The lowest BCUT2D eigenvalue weighted by molar-refractivity contribution is 0.624. The van der Waals surface area contributed by atoms with Gasteiger partial charge in [-0.25, -0.2) is 9.37 Å². The van der Waals surface area contributed by atoms with Crippen LogP contribution in [0.5, 0.6) is 0 Å². The van der Waals surface area contributed by atoms with Gasteiger partial charge in [-0.2, -0.15) is 0 Å². The molecule has 0 atom stereocenters. The van der Waals surface area contributed by atoms with Crippen LogP contribution in [0.15, 0.2) is 42.6 Å². The third-order valence-corrected chi connectivity index (χ3v) is 2.48. The Labute approximate surface area is 103 Å². The van der Waals surface area contributed by atoms with Crippen molar-refractivity contribution in [3.05, 3.63) is 65.7 Å². The Balaban J connectivity index is 1.99. The average molecular weight is 235 g/mol. The number of fused-ring (bicyclic) bond motifs is 1. The predicted octanol–water partition coefficient (Wildman–Crippen LogP) is 2.90. The second-order valence-electron chi connectivity index (χ2n) is 3.80. The van der Waals surface area contributed by atoms with Crippen molar-refractivity contribution in [2.75, 3.05) is 0 Å². The number of aromatic amines is 1. The van der Waals surface area contributed by atoms with E-state index in [1.807, 2.05) is 24.3 Å². The fourth-order valence-electron chi connectivity index (χ4n) is 1.66. The molecule has 0 amide bonds. The molecule has 85 valence electrons. The van der Waals surface area contributed by atoms with Crippen LogP contribution in [0.1, 0.15) is 11.3 Å². The lowest BCUT2D eigenvalue weighted by Crippen LogP contribution is -1.78. The lowest BCUT2D eigenvalue weighted by Gasteiger charge is -1.86. The zero-order valence-corrected chi connectivity index (χ0v) is 9.37. The van der Waals surface area contributed by atoms with Crippen molar-refractivity contribution in [2.24, 2.45) is 0 Å². The molecule has 18 heavy (non-hydrogen) atoms. The van der Waals surface area contributed by atoms with Gasteiger partial charge in [0.25, 0.3) is 0 Å². The van der Waals surface area contributed by atoms with Crippen LogP contribution in [0, 0.1) is 23.7 Å². The minimum atomic E-state index is -0.350. The molecule has 0 saturated heterocycles. The van der Waals surface area contributed by atoms with Crippen molar-refractivity contribution < 1.29 is 4.39 Å². The van der Waals surface area contributed by atoms with E-state index in [4.69, 9.17) is 0 Å². The third kappa shape index (κ3) is 2.09. The van der Waals surface area contributed by atoms with Crippen LogP contribution >= 0.6 is 0 Å². The van der Waals surface area contributed by atoms with Crippen LogP contribution < -0.4 is 0 Å². The number of rotatable bonds is 0. The van der Waals surface area contributed by atoms with Gasteiger partial charge in [-0.15, -0.1) is 0 Å². The van der Waals surface area contributed by atoms with E-state index in [9.17, 15) is 4.39 Å². The Bertz CT molecular complexity index is 748. The summed E-state index contributed by atoms with van der Waals surface area (Å²) in [7, 11) is 0. The van der Waals surface area contributed by atoms with Crippen LogP contribution in [0.25, 0.3) is 11.0 Å². The van der Waals surface area contributed by atoms with Crippen LogP contribution in [0.2, 0.25) is 0 Å². The summed E-state index contributed by atoms with van der Waals surface area (Å²) in [6, 6.07) is 13.7. The number of nitrogens with zero attached hydrogens (tertiary/aromatic N) is 1.